The molecule has 0 heterocycles. The van der Waals surface area contributed by atoms with E-state index in [0.717, 1.165) is 5.56 Å². The van der Waals surface area contributed by atoms with Gasteiger partial charge in [0.2, 0.25) is 0 Å². The van der Waals surface area contributed by atoms with Gasteiger partial charge >= 0.3 is 0 Å². The summed E-state index contributed by atoms with van der Waals surface area (Å²) in [5, 5.41) is 12.7. The first-order valence-corrected chi connectivity index (χ1v) is 6.47. The maximum atomic E-state index is 13.1. The Morgan fingerprint density at radius 1 is 1.32 bits per heavy atom. The van der Waals surface area contributed by atoms with Crippen molar-refractivity contribution in [2.75, 3.05) is 38.3 Å². The number of rotatable bonds is 9. The zero-order valence-electron chi connectivity index (χ0n) is 11.5. The van der Waals surface area contributed by atoms with E-state index in [1.165, 1.54) is 12.1 Å². The monoisotopic (exact) mass is 271 g/mol. The molecule has 1 rings (SSSR count). The number of ether oxygens (including phenoxy) is 2. The molecule has 4 nitrogen and oxygen atoms in total. The number of aryl methyl sites for hydroxylation is 1. The Morgan fingerprint density at radius 3 is 2.79 bits per heavy atom. The fourth-order valence-electron chi connectivity index (χ4n) is 1.55. The maximum absolute atomic E-state index is 13.1. The Bertz CT molecular complexity index is 374. The van der Waals surface area contributed by atoms with E-state index >= 15 is 0 Å². The number of aliphatic hydroxyl groups excluding tert-OH is 1. The molecule has 0 fully saturated rings. The lowest BCUT2D eigenvalue weighted by molar-refractivity contribution is 0.0103. The Labute approximate surface area is 113 Å². The normalized spacial score (nSPS) is 12.4. The third kappa shape index (κ3) is 6.52. The summed E-state index contributed by atoms with van der Waals surface area (Å²) in [6.45, 7) is 6.00. The summed E-state index contributed by atoms with van der Waals surface area (Å²) in [4.78, 5) is 0. The van der Waals surface area contributed by atoms with Crippen LogP contribution in [-0.4, -0.2) is 44.2 Å². The smallest absolute Gasteiger partial charge is 0.125 e. The predicted octanol–water partition coefficient (Wildman–Crippen LogP) is 1.96. The highest BCUT2D eigenvalue weighted by Crippen LogP contribution is 2.15. The van der Waals surface area contributed by atoms with Crippen molar-refractivity contribution in [3.8, 4) is 0 Å². The van der Waals surface area contributed by atoms with Crippen molar-refractivity contribution in [3.63, 3.8) is 0 Å². The summed E-state index contributed by atoms with van der Waals surface area (Å²) < 4.78 is 23.4. The highest BCUT2D eigenvalue weighted by Gasteiger charge is 2.06. The average Bonchev–Trinajstić information content (AvgIpc) is 2.39. The molecule has 2 N–H and O–H groups in total. The van der Waals surface area contributed by atoms with Gasteiger partial charge in [0.05, 0.1) is 25.9 Å². The molecule has 0 aliphatic carbocycles. The van der Waals surface area contributed by atoms with Crippen LogP contribution in [0.5, 0.6) is 0 Å². The van der Waals surface area contributed by atoms with Crippen molar-refractivity contribution in [2.45, 2.75) is 20.0 Å². The van der Waals surface area contributed by atoms with Gasteiger partial charge in [0, 0.05) is 18.8 Å². The Hall–Kier alpha value is -1.17. The second-order valence-electron chi connectivity index (χ2n) is 4.27. The van der Waals surface area contributed by atoms with E-state index in [1.54, 1.807) is 6.07 Å². The lowest BCUT2D eigenvalue weighted by atomic mass is 10.2. The average molecular weight is 271 g/mol. The van der Waals surface area contributed by atoms with Crippen molar-refractivity contribution in [1.29, 1.82) is 0 Å². The van der Waals surface area contributed by atoms with Crippen molar-refractivity contribution < 1.29 is 19.0 Å². The SMILES string of the molecule is CCOCCOCC(O)CNc1cc(F)ccc1C. The van der Waals surface area contributed by atoms with Crippen molar-refractivity contribution in [1.82, 2.24) is 0 Å². The van der Waals surface area contributed by atoms with Crippen LogP contribution in [0.3, 0.4) is 0 Å². The minimum Gasteiger partial charge on any atom is -0.389 e. The van der Waals surface area contributed by atoms with Crippen LogP contribution in [0.1, 0.15) is 12.5 Å². The molecule has 0 saturated heterocycles. The van der Waals surface area contributed by atoms with Crippen LogP contribution in [0, 0.1) is 12.7 Å². The van der Waals surface area contributed by atoms with Crippen molar-refractivity contribution in [2.24, 2.45) is 0 Å². The van der Waals surface area contributed by atoms with Gasteiger partial charge in [-0.05, 0) is 31.5 Å². The largest absolute Gasteiger partial charge is 0.389 e. The third-order valence-electron chi connectivity index (χ3n) is 2.61. The van der Waals surface area contributed by atoms with Crippen LogP contribution < -0.4 is 5.32 Å². The first-order chi connectivity index (χ1) is 9.13. The number of hydrogen-bond donors (Lipinski definition) is 2. The van der Waals surface area contributed by atoms with E-state index in [-0.39, 0.29) is 12.4 Å². The van der Waals surface area contributed by atoms with Crippen LogP contribution in [0.15, 0.2) is 18.2 Å². The lowest BCUT2D eigenvalue weighted by Gasteiger charge is -2.14. The van der Waals surface area contributed by atoms with Crippen molar-refractivity contribution >= 4 is 5.69 Å². The molecule has 0 amide bonds. The molecule has 0 aromatic heterocycles. The van der Waals surface area contributed by atoms with Gasteiger partial charge < -0.3 is 19.9 Å². The molecule has 0 radical (unpaired) electrons. The van der Waals surface area contributed by atoms with E-state index in [0.29, 0.717) is 32.1 Å². The summed E-state index contributed by atoms with van der Waals surface area (Å²) >= 11 is 0. The molecule has 19 heavy (non-hydrogen) atoms. The number of aliphatic hydroxyl groups is 1. The molecule has 0 spiro atoms. The topological polar surface area (TPSA) is 50.7 Å². The highest BCUT2D eigenvalue weighted by molar-refractivity contribution is 5.50. The Kier molecular flexibility index (Phi) is 7.40. The van der Waals surface area contributed by atoms with Gasteiger partial charge in [-0.2, -0.15) is 0 Å². The maximum Gasteiger partial charge on any atom is 0.125 e. The molecular weight excluding hydrogens is 249 g/mol. The number of hydrogen-bond acceptors (Lipinski definition) is 4. The van der Waals surface area contributed by atoms with Crippen LogP contribution >= 0.6 is 0 Å². The van der Waals surface area contributed by atoms with Gasteiger partial charge in [0.25, 0.3) is 0 Å². The molecule has 1 aromatic rings. The van der Waals surface area contributed by atoms with Gasteiger partial charge in [-0.3, -0.25) is 0 Å². The summed E-state index contributed by atoms with van der Waals surface area (Å²) in [5.74, 6) is -0.296. The molecule has 1 unspecified atom stereocenters. The predicted molar refractivity (Wildman–Crippen MR) is 72.9 cm³/mol. The molecule has 0 aliphatic rings. The number of benzene rings is 1. The van der Waals surface area contributed by atoms with Gasteiger partial charge in [0.1, 0.15) is 5.82 Å². The van der Waals surface area contributed by atoms with E-state index in [2.05, 4.69) is 5.32 Å². The van der Waals surface area contributed by atoms with E-state index < -0.39 is 6.10 Å². The second-order valence-corrected chi connectivity index (χ2v) is 4.27. The van der Waals surface area contributed by atoms with Crippen LogP contribution in [0.4, 0.5) is 10.1 Å². The first-order valence-electron chi connectivity index (χ1n) is 6.47. The molecule has 5 heteroatoms. The van der Waals surface area contributed by atoms with Crippen LogP contribution in [-0.2, 0) is 9.47 Å². The Balaban J connectivity index is 2.22. The zero-order valence-corrected chi connectivity index (χ0v) is 11.5. The highest BCUT2D eigenvalue weighted by atomic mass is 19.1. The minimum atomic E-state index is -0.635. The molecule has 0 bridgehead atoms. The number of anilines is 1. The van der Waals surface area contributed by atoms with E-state index in [4.69, 9.17) is 9.47 Å². The van der Waals surface area contributed by atoms with Crippen molar-refractivity contribution in [3.05, 3.63) is 29.6 Å². The zero-order chi connectivity index (χ0) is 14.1. The first kappa shape index (κ1) is 15.9. The lowest BCUT2D eigenvalue weighted by Crippen LogP contribution is -2.26. The second kappa shape index (κ2) is 8.85. The number of nitrogens with one attached hydrogen (secondary N) is 1. The summed E-state index contributed by atoms with van der Waals surface area (Å²) in [6, 6.07) is 4.52. The quantitative estimate of drug-likeness (QED) is 0.674. The fourth-order valence-corrected chi connectivity index (χ4v) is 1.55. The van der Waals surface area contributed by atoms with Gasteiger partial charge in [-0.1, -0.05) is 6.07 Å². The molecule has 0 aliphatic heterocycles. The third-order valence-corrected chi connectivity index (χ3v) is 2.61. The molecule has 1 atom stereocenters. The molecular formula is C14H22FNO3. The summed E-state index contributed by atoms with van der Waals surface area (Å²) in [6.07, 6.45) is -0.635. The van der Waals surface area contributed by atoms with Gasteiger partial charge in [-0.15, -0.1) is 0 Å². The number of halogens is 1. The standard InChI is InChI=1S/C14H22FNO3/c1-3-18-6-7-19-10-13(17)9-16-14-8-12(15)5-4-11(14)2/h4-5,8,13,16-17H,3,6-7,9-10H2,1-2H3. The minimum absolute atomic E-state index is 0.231. The van der Waals surface area contributed by atoms with Gasteiger partial charge in [-0.25, -0.2) is 4.39 Å². The molecule has 1 aromatic carbocycles. The molecule has 108 valence electrons. The summed E-state index contributed by atoms with van der Waals surface area (Å²) in [5.41, 5.74) is 1.62. The van der Waals surface area contributed by atoms with Crippen LogP contribution in [0.25, 0.3) is 0 Å². The summed E-state index contributed by atoms with van der Waals surface area (Å²) in [7, 11) is 0. The van der Waals surface area contributed by atoms with E-state index in [1.807, 2.05) is 13.8 Å². The van der Waals surface area contributed by atoms with Gasteiger partial charge in [0.15, 0.2) is 0 Å². The van der Waals surface area contributed by atoms with E-state index in [9.17, 15) is 9.50 Å². The molecule has 0 saturated carbocycles. The fraction of sp³-hybridized carbons (Fsp3) is 0.571. The Morgan fingerprint density at radius 2 is 2.05 bits per heavy atom. The van der Waals surface area contributed by atoms with Crippen LogP contribution in [0.2, 0.25) is 0 Å².